The van der Waals surface area contributed by atoms with E-state index in [0.717, 1.165) is 11.3 Å². The lowest BCUT2D eigenvalue weighted by molar-refractivity contribution is 1.05. The maximum atomic E-state index is 9.32. The van der Waals surface area contributed by atoms with Gasteiger partial charge in [-0.15, -0.1) is 0 Å². The molecule has 3 N–H and O–H groups in total. The Bertz CT molecular complexity index is 813. The highest BCUT2D eigenvalue weighted by Gasteiger charge is 2.14. The van der Waals surface area contributed by atoms with Crippen LogP contribution in [0.25, 0.3) is 22.5 Å². The van der Waals surface area contributed by atoms with E-state index in [1.807, 2.05) is 18.2 Å². The average Bonchev–Trinajstić information content (AvgIpc) is 3.01. The summed E-state index contributed by atoms with van der Waals surface area (Å²) in [5.41, 5.74) is 9.17. The second kappa shape index (κ2) is 5.06. The van der Waals surface area contributed by atoms with Gasteiger partial charge in [0.25, 0.3) is 0 Å². The Morgan fingerprint density at radius 2 is 2.05 bits per heavy atom. The molecule has 3 aromatic heterocycles. The molecule has 3 rings (SSSR count). The molecule has 0 aliphatic rings. The average molecular weight is 276 g/mol. The van der Waals surface area contributed by atoms with Crippen molar-refractivity contribution in [2.75, 3.05) is 5.73 Å². The van der Waals surface area contributed by atoms with Gasteiger partial charge in [-0.1, -0.05) is 0 Å². The summed E-state index contributed by atoms with van der Waals surface area (Å²) in [7, 11) is 0. The van der Waals surface area contributed by atoms with Gasteiger partial charge >= 0.3 is 0 Å². The zero-order chi connectivity index (χ0) is 14.8. The number of nitrogens with two attached hydrogens (primary N) is 1. The van der Waals surface area contributed by atoms with E-state index in [1.165, 1.54) is 0 Å². The van der Waals surface area contributed by atoms with Gasteiger partial charge in [-0.25, -0.2) is 15.0 Å². The molecule has 0 atom stereocenters. The number of nitriles is 1. The molecule has 6 heteroatoms. The molecule has 0 amide bonds. The molecule has 6 nitrogen and oxygen atoms in total. The first-order valence-electron chi connectivity index (χ1n) is 6.32. The summed E-state index contributed by atoms with van der Waals surface area (Å²) in [4.78, 5) is 15.7. The highest BCUT2D eigenvalue weighted by Crippen LogP contribution is 2.29. The van der Waals surface area contributed by atoms with Gasteiger partial charge in [-0.2, -0.15) is 5.26 Å². The smallest absolute Gasteiger partial charge is 0.142 e. The van der Waals surface area contributed by atoms with Crippen molar-refractivity contribution in [1.82, 2.24) is 19.9 Å². The number of pyridine rings is 1. The van der Waals surface area contributed by atoms with E-state index >= 15 is 0 Å². The van der Waals surface area contributed by atoms with Gasteiger partial charge in [0.1, 0.15) is 23.3 Å². The molecule has 0 bridgehead atoms. The van der Waals surface area contributed by atoms with E-state index in [-0.39, 0.29) is 5.82 Å². The molecule has 3 heterocycles. The third-order valence-corrected chi connectivity index (χ3v) is 3.13. The van der Waals surface area contributed by atoms with Crippen LogP contribution in [0.4, 0.5) is 5.82 Å². The highest BCUT2D eigenvalue weighted by molar-refractivity contribution is 5.78. The van der Waals surface area contributed by atoms with Crippen LogP contribution in [0.2, 0.25) is 0 Å². The molecule has 21 heavy (non-hydrogen) atoms. The Kier molecular flexibility index (Phi) is 3.09. The van der Waals surface area contributed by atoms with Crippen LogP contribution < -0.4 is 5.73 Å². The Hall–Kier alpha value is -3.20. The number of aromatic nitrogens is 4. The summed E-state index contributed by atoms with van der Waals surface area (Å²) in [6, 6.07) is 7.68. The van der Waals surface area contributed by atoms with Crippen LogP contribution in [-0.4, -0.2) is 19.9 Å². The molecule has 0 radical (unpaired) electrons. The van der Waals surface area contributed by atoms with Crippen LogP contribution >= 0.6 is 0 Å². The lowest BCUT2D eigenvalue weighted by Crippen LogP contribution is -2.00. The van der Waals surface area contributed by atoms with Crippen molar-refractivity contribution in [3.05, 3.63) is 48.2 Å². The molecular weight excluding hydrogens is 264 g/mol. The summed E-state index contributed by atoms with van der Waals surface area (Å²) in [5.74, 6) is 0.865. The fourth-order valence-corrected chi connectivity index (χ4v) is 2.07. The van der Waals surface area contributed by atoms with Crippen molar-refractivity contribution in [3.8, 4) is 28.6 Å². The van der Waals surface area contributed by atoms with E-state index in [9.17, 15) is 5.26 Å². The predicted molar refractivity (Wildman–Crippen MR) is 78.9 cm³/mol. The van der Waals surface area contributed by atoms with Gasteiger partial charge in [0.2, 0.25) is 0 Å². The maximum absolute atomic E-state index is 9.32. The number of hydrogen-bond donors (Lipinski definition) is 2. The van der Waals surface area contributed by atoms with Crippen LogP contribution in [0.3, 0.4) is 0 Å². The fourth-order valence-electron chi connectivity index (χ4n) is 2.07. The number of nitrogen functional groups attached to an aromatic ring is 1. The summed E-state index contributed by atoms with van der Waals surface area (Å²) < 4.78 is 0. The Labute approximate surface area is 121 Å². The van der Waals surface area contributed by atoms with Crippen molar-refractivity contribution in [2.45, 2.75) is 6.92 Å². The first kappa shape index (κ1) is 12.8. The molecule has 102 valence electrons. The highest BCUT2D eigenvalue weighted by atomic mass is 14.9. The largest absolute Gasteiger partial charge is 0.383 e. The molecule has 0 unspecified atom stereocenters. The molecule has 0 saturated heterocycles. The van der Waals surface area contributed by atoms with Crippen LogP contribution in [-0.2, 0) is 0 Å². The lowest BCUT2D eigenvalue weighted by Gasteiger charge is -2.09. The first-order valence-corrected chi connectivity index (χ1v) is 6.32. The van der Waals surface area contributed by atoms with Gasteiger partial charge in [-0.3, -0.25) is 0 Å². The number of aryl methyl sites for hydroxylation is 1. The van der Waals surface area contributed by atoms with E-state index < -0.39 is 0 Å². The molecular formula is C15H12N6. The number of nitrogens with one attached hydrogen (secondary N) is 1. The number of aromatic amines is 1. The quantitative estimate of drug-likeness (QED) is 0.747. The van der Waals surface area contributed by atoms with Crippen molar-refractivity contribution in [1.29, 1.82) is 5.26 Å². The van der Waals surface area contributed by atoms with Gasteiger partial charge in [0, 0.05) is 29.7 Å². The fraction of sp³-hybridized carbons (Fsp3) is 0.0667. The van der Waals surface area contributed by atoms with E-state index in [4.69, 9.17) is 5.73 Å². The third kappa shape index (κ3) is 2.32. The first-order chi connectivity index (χ1) is 10.2. The minimum Gasteiger partial charge on any atom is -0.383 e. The third-order valence-electron chi connectivity index (χ3n) is 3.13. The number of hydrogen-bond acceptors (Lipinski definition) is 5. The second-order valence-corrected chi connectivity index (χ2v) is 4.53. The standard InChI is InChI=1S/C15H12N6/c1-9-19-7-10(8-20-9)11-5-14(13-3-2-4-18-13)21-15(17)12(11)6-16/h2-5,7-8,18H,1H3,(H2,17,21). The van der Waals surface area contributed by atoms with Crippen molar-refractivity contribution < 1.29 is 0 Å². The molecule has 0 spiro atoms. The monoisotopic (exact) mass is 276 g/mol. The van der Waals surface area contributed by atoms with Crippen molar-refractivity contribution >= 4 is 5.82 Å². The summed E-state index contributed by atoms with van der Waals surface area (Å²) in [6.45, 7) is 1.81. The molecule has 0 aliphatic carbocycles. The van der Waals surface area contributed by atoms with E-state index in [1.54, 1.807) is 25.5 Å². The van der Waals surface area contributed by atoms with E-state index in [0.29, 0.717) is 22.6 Å². The number of H-pyrrole nitrogens is 1. The minimum absolute atomic E-state index is 0.195. The Morgan fingerprint density at radius 1 is 1.29 bits per heavy atom. The summed E-state index contributed by atoms with van der Waals surface area (Å²) >= 11 is 0. The molecule has 3 aromatic rings. The maximum Gasteiger partial charge on any atom is 0.142 e. The zero-order valence-electron chi connectivity index (χ0n) is 11.3. The number of rotatable bonds is 2. The summed E-state index contributed by atoms with van der Waals surface area (Å²) in [5, 5.41) is 9.32. The normalized spacial score (nSPS) is 10.3. The summed E-state index contributed by atoms with van der Waals surface area (Å²) in [6.07, 6.45) is 5.16. The number of anilines is 1. The predicted octanol–water partition coefficient (Wildman–Crippen LogP) is 2.30. The van der Waals surface area contributed by atoms with Gasteiger partial charge in [0.15, 0.2) is 0 Å². The molecule has 0 aromatic carbocycles. The molecule has 0 aliphatic heterocycles. The van der Waals surface area contributed by atoms with Crippen LogP contribution in [0.5, 0.6) is 0 Å². The second-order valence-electron chi connectivity index (χ2n) is 4.53. The molecule has 0 saturated carbocycles. The van der Waals surface area contributed by atoms with Gasteiger partial charge in [-0.05, 0) is 25.1 Å². The lowest BCUT2D eigenvalue weighted by atomic mass is 10.0. The minimum atomic E-state index is 0.195. The SMILES string of the molecule is Cc1ncc(-c2cc(-c3ccc[nH]3)nc(N)c2C#N)cn1. The Morgan fingerprint density at radius 3 is 2.67 bits per heavy atom. The Balaban J connectivity index is 2.22. The molecule has 0 fully saturated rings. The van der Waals surface area contributed by atoms with Crippen molar-refractivity contribution in [2.24, 2.45) is 0 Å². The van der Waals surface area contributed by atoms with Crippen LogP contribution in [0.15, 0.2) is 36.8 Å². The van der Waals surface area contributed by atoms with Gasteiger partial charge < -0.3 is 10.7 Å². The topological polar surface area (TPSA) is 104 Å². The number of nitrogens with zero attached hydrogens (tertiary/aromatic N) is 4. The zero-order valence-corrected chi connectivity index (χ0v) is 11.3. The van der Waals surface area contributed by atoms with Crippen molar-refractivity contribution in [3.63, 3.8) is 0 Å². The van der Waals surface area contributed by atoms with Crippen LogP contribution in [0.1, 0.15) is 11.4 Å². The van der Waals surface area contributed by atoms with Crippen LogP contribution in [0, 0.1) is 18.3 Å². The van der Waals surface area contributed by atoms with E-state index in [2.05, 4.69) is 26.0 Å². The van der Waals surface area contributed by atoms with Gasteiger partial charge in [0.05, 0.1) is 11.4 Å².